The lowest BCUT2D eigenvalue weighted by molar-refractivity contribution is -0.118. The number of hydrogen-bond acceptors (Lipinski definition) is 1. The van der Waals surface area contributed by atoms with Gasteiger partial charge in [0.1, 0.15) is 5.82 Å². The van der Waals surface area contributed by atoms with E-state index in [9.17, 15) is 9.18 Å². The Morgan fingerprint density at radius 3 is 2.50 bits per heavy atom. The predicted molar refractivity (Wildman–Crippen MR) is 77.1 cm³/mol. The molecule has 0 spiro atoms. The van der Waals surface area contributed by atoms with Gasteiger partial charge in [0.2, 0.25) is 5.91 Å². The van der Waals surface area contributed by atoms with E-state index >= 15 is 0 Å². The fraction of sp³-hybridized carbons (Fsp3) is 0.235. The van der Waals surface area contributed by atoms with Gasteiger partial charge >= 0.3 is 0 Å². The third-order valence-corrected chi connectivity index (χ3v) is 3.88. The van der Waals surface area contributed by atoms with Crippen LogP contribution in [0.15, 0.2) is 48.5 Å². The van der Waals surface area contributed by atoms with E-state index in [0.29, 0.717) is 0 Å². The molecule has 1 saturated carbocycles. The van der Waals surface area contributed by atoms with Gasteiger partial charge in [-0.2, -0.15) is 0 Å². The Labute approximate surface area is 117 Å². The molecule has 2 nitrogen and oxygen atoms in total. The van der Waals surface area contributed by atoms with Crippen LogP contribution in [-0.4, -0.2) is 5.91 Å². The molecule has 3 heteroatoms. The number of anilines is 1. The maximum Gasteiger partial charge on any atom is 0.235 e. The topological polar surface area (TPSA) is 29.1 Å². The zero-order chi connectivity index (χ0) is 14.2. The molecule has 0 saturated heterocycles. The summed E-state index contributed by atoms with van der Waals surface area (Å²) in [6, 6.07) is 14.4. The van der Waals surface area contributed by atoms with Gasteiger partial charge in [0.25, 0.3) is 0 Å². The molecule has 0 heterocycles. The molecule has 0 aromatic heterocycles. The van der Waals surface area contributed by atoms with Crippen LogP contribution >= 0.6 is 0 Å². The molecule has 0 bridgehead atoms. The first-order valence-electron chi connectivity index (χ1n) is 6.75. The molecule has 1 amide bonds. The van der Waals surface area contributed by atoms with Gasteiger partial charge in [0.15, 0.2) is 0 Å². The molecule has 2 aromatic rings. The van der Waals surface area contributed by atoms with E-state index in [1.165, 1.54) is 6.07 Å². The van der Waals surface area contributed by atoms with Crippen LogP contribution < -0.4 is 5.32 Å². The second-order valence-electron chi connectivity index (χ2n) is 5.39. The van der Waals surface area contributed by atoms with Crippen LogP contribution in [-0.2, 0) is 10.2 Å². The van der Waals surface area contributed by atoms with Crippen LogP contribution in [0, 0.1) is 12.7 Å². The van der Waals surface area contributed by atoms with E-state index in [-0.39, 0.29) is 11.6 Å². The van der Waals surface area contributed by atoms with E-state index in [2.05, 4.69) is 5.32 Å². The maximum atomic E-state index is 13.7. The summed E-state index contributed by atoms with van der Waals surface area (Å²) in [7, 11) is 0. The summed E-state index contributed by atoms with van der Waals surface area (Å²) in [6.45, 7) is 1.87. The number of nitrogens with one attached hydrogen (secondary N) is 1. The van der Waals surface area contributed by atoms with Crippen molar-refractivity contribution in [2.45, 2.75) is 25.2 Å². The Morgan fingerprint density at radius 2 is 1.85 bits per heavy atom. The normalized spacial score (nSPS) is 15.7. The number of carbonyl (C=O) groups is 1. The summed E-state index contributed by atoms with van der Waals surface area (Å²) in [5, 5.41) is 2.74. The number of aryl methyl sites for hydroxylation is 1. The summed E-state index contributed by atoms with van der Waals surface area (Å²) in [5.41, 5.74) is 1.71. The molecule has 2 aromatic carbocycles. The molecule has 1 aliphatic rings. The van der Waals surface area contributed by atoms with Crippen molar-refractivity contribution in [3.63, 3.8) is 0 Å². The van der Waals surface area contributed by atoms with Crippen molar-refractivity contribution in [2.24, 2.45) is 0 Å². The third kappa shape index (κ3) is 2.20. The predicted octanol–water partition coefficient (Wildman–Crippen LogP) is 3.80. The summed E-state index contributed by atoms with van der Waals surface area (Å²) in [6.07, 6.45) is 1.63. The SMILES string of the molecule is Cc1ccc(F)c(NC(=O)C2(c3ccccc3)CC2)c1. The first kappa shape index (κ1) is 12.9. The highest BCUT2D eigenvalue weighted by Crippen LogP contribution is 2.49. The lowest BCUT2D eigenvalue weighted by atomic mass is 9.95. The second-order valence-corrected chi connectivity index (χ2v) is 5.39. The van der Waals surface area contributed by atoms with Crippen LogP contribution in [0.25, 0.3) is 0 Å². The molecule has 102 valence electrons. The Morgan fingerprint density at radius 1 is 1.15 bits per heavy atom. The smallest absolute Gasteiger partial charge is 0.235 e. The Balaban J connectivity index is 1.85. The molecule has 3 rings (SSSR count). The number of benzene rings is 2. The van der Waals surface area contributed by atoms with E-state index in [4.69, 9.17) is 0 Å². The number of amides is 1. The number of rotatable bonds is 3. The minimum atomic E-state index is -0.475. The number of hydrogen-bond donors (Lipinski definition) is 1. The van der Waals surface area contributed by atoms with Crippen molar-refractivity contribution in [1.29, 1.82) is 0 Å². The molecule has 0 aliphatic heterocycles. The standard InChI is InChI=1S/C17H16FNO/c1-12-7-8-14(18)15(11-12)19-16(20)17(9-10-17)13-5-3-2-4-6-13/h2-8,11H,9-10H2,1H3,(H,19,20). The largest absolute Gasteiger partial charge is 0.323 e. The monoisotopic (exact) mass is 269 g/mol. The lowest BCUT2D eigenvalue weighted by Crippen LogP contribution is -2.28. The number of carbonyl (C=O) groups excluding carboxylic acids is 1. The zero-order valence-electron chi connectivity index (χ0n) is 11.3. The molecule has 20 heavy (non-hydrogen) atoms. The van der Waals surface area contributed by atoms with E-state index in [1.807, 2.05) is 37.3 Å². The van der Waals surface area contributed by atoms with Gasteiger partial charge in [0, 0.05) is 0 Å². The van der Waals surface area contributed by atoms with Crippen molar-refractivity contribution in [2.75, 3.05) is 5.32 Å². The lowest BCUT2D eigenvalue weighted by Gasteiger charge is -2.16. The number of halogens is 1. The van der Waals surface area contributed by atoms with Crippen LogP contribution in [0.3, 0.4) is 0 Å². The van der Waals surface area contributed by atoms with Gasteiger partial charge in [-0.05, 0) is 43.0 Å². The first-order valence-corrected chi connectivity index (χ1v) is 6.75. The molecule has 1 aliphatic carbocycles. The highest BCUT2D eigenvalue weighted by atomic mass is 19.1. The fourth-order valence-electron chi connectivity index (χ4n) is 2.51. The van der Waals surface area contributed by atoms with E-state index < -0.39 is 11.2 Å². The Hall–Kier alpha value is -2.16. The summed E-state index contributed by atoms with van der Waals surface area (Å²) in [5.74, 6) is -0.513. The molecular formula is C17H16FNO. The average Bonchev–Trinajstić information content (AvgIpc) is 3.25. The van der Waals surface area contributed by atoms with Crippen molar-refractivity contribution < 1.29 is 9.18 Å². The summed E-state index contributed by atoms with van der Waals surface area (Å²) < 4.78 is 13.7. The van der Waals surface area contributed by atoms with Crippen molar-refractivity contribution in [3.05, 3.63) is 65.5 Å². The third-order valence-electron chi connectivity index (χ3n) is 3.88. The van der Waals surface area contributed by atoms with Gasteiger partial charge in [-0.15, -0.1) is 0 Å². The van der Waals surface area contributed by atoms with Crippen molar-refractivity contribution in [3.8, 4) is 0 Å². The maximum absolute atomic E-state index is 13.7. The van der Waals surface area contributed by atoms with Crippen LogP contribution in [0.5, 0.6) is 0 Å². The highest BCUT2D eigenvalue weighted by molar-refractivity contribution is 6.01. The van der Waals surface area contributed by atoms with Crippen LogP contribution in [0.4, 0.5) is 10.1 Å². The highest BCUT2D eigenvalue weighted by Gasteiger charge is 2.51. The van der Waals surface area contributed by atoms with Crippen LogP contribution in [0.1, 0.15) is 24.0 Å². The summed E-state index contributed by atoms with van der Waals surface area (Å²) >= 11 is 0. The second kappa shape index (κ2) is 4.75. The van der Waals surface area contributed by atoms with Crippen molar-refractivity contribution >= 4 is 11.6 Å². The first-order chi connectivity index (χ1) is 9.62. The van der Waals surface area contributed by atoms with Crippen molar-refractivity contribution in [1.82, 2.24) is 0 Å². The molecular weight excluding hydrogens is 253 g/mol. The average molecular weight is 269 g/mol. The fourth-order valence-corrected chi connectivity index (χ4v) is 2.51. The quantitative estimate of drug-likeness (QED) is 0.902. The minimum absolute atomic E-state index is 0.117. The van der Waals surface area contributed by atoms with Crippen LogP contribution in [0.2, 0.25) is 0 Å². The molecule has 1 N–H and O–H groups in total. The Kier molecular flexibility index (Phi) is 3.05. The summed E-state index contributed by atoms with van der Waals surface area (Å²) in [4.78, 5) is 12.5. The van der Waals surface area contributed by atoms with E-state index in [0.717, 1.165) is 24.0 Å². The molecule has 0 unspecified atom stereocenters. The van der Waals surface area contributed by atoms with E-state index in [1.54, 1.807) is 12.1 Å². The molecule has 0 atom stereocenters. The minimum Gasteiger partial charge on any atom is -0.323 e. The van der Waals surface area contributed by atoms with Gasteiger partial charge in [-0.1, -0.05) is 36.4 Å². The zero-order valence-corrected chi connectivity index (χ0v) is 11.3. The van der Waals surface area contributed by atoms with Gasteiger partial charge in [0.05, 0.1) is 11.1 Å². The van der Waals surface area contributed by atoms with Gasteiger partial charge < -0.3 is 5.32 Å². The molecule has 0 radical (unpaired) electrons. The van der Waals surface area contributed by atoms with Gasteiger partial charge in [-0.25, -0.2) is 4.39 Å². The van der Waals surface area contributed by atoms with Gasteiger partial charge in [-0.3, -0.25) is 4.79 Å². The Bertz CT molecular complexity index is 647. The molecule has 1 fully saturated rings.